The summed E-state index contributed by atoms with van der Waals surface area (Å²) in [6.07, 6.45) is 2.69. The molecule has 6 heteroatoms. The normalized spacial score (nSPS) is 14.8. The zero-order valence-corrected chi connectivity index (χ0v) is 12.0. The average molecular weight is 285 g/mol. The van der Waals surface area contributed by atoms with Gasteiger partial charge in [0.15, 0.2) is 11.5 Å². The molecule has 1 fully saturated rings. The van der Waals surface area contributed by atoms with Crippen LogP contribution in [-0.4, -0.2) is 33.4 Å². The summed E-state index contributed by atoms with van der Waals surface area (Å²) in [5.74, 6) is 2.62. The smallest absolute Gasteiger partial charge is 0.186 e. The SMILES string of the molecule is CN(CC1CC1)c1ccc2nnc(-c3ccsc3)n2n1. The van der Waals surface area contributed by atoms with Crippen molar-refractivity contribution in [3.8, 4) is 11.4 Å². The van der Waals surface area contributed by atoms with E-state index in [0.717, 1.165) is 35.3 Å². The molecule has 0 saturated heterocycles. The molecule has 0 atom stereocenters. The van der Waals surface area contributed by atoms with Crippen LogP contribution in [0.5, 0.6) is 0 Å². The van der Waals surface area contributed by atoms with Crippen LogP contribution in [-0.2, 0) is 0 Å². The Labute approximate surface area is 120 Å². The van der Waals surface area contributed by atoms with E-state index in [1.807, 2.05) is 28.1 Å². The van der Waals surface area contributed by atoms with Gasteiger partial charge in [0.05, 0.1) is 0 Å². The molecule has 20 heavy (non-hydrogen) atoms. The summed E-state index contributed by atoms with van der Waals surface area (Å²) in [6, 6.07) is 6.04. The molecule has 0 bridgehead atoms. The van der Waals surface area contributed by atoms with E-state index in [9.17, 15) is 0 Å². The lowest BCUT2D eigenvalue weighted by atomic mass is 10.3. The number of thiophene rings is 1. The van der Waals surface area contributed by atoms with Crippen molar-refractivity contribution < 1.29 is 0 Å². The number of anilines is 1. The van der Waals surface area contributed by atoms with Crippen LogP contribution in [0.15, 0.2) is 29.0 Å². The fourth-order valence-electron chi connectivity index (χ4n) is 2.34. The van der Waals surface area contributed by atoms with E-state index in [2.05, 4.69) is 27.5 Å². The van der Waals surface area contributed by atoms with Gasteiger partial charge in [0.1, 0.15) is 5.82 Å². The van der Waals surface area contributed by atoms with Gasteiger partial charge in [0.2, 0.25) is 0 Å². The molecule has 5 nitrogen and oxygen atoms in total. The minimum absolute atomic E-state index is 0.787. The van der Waals surface area contributed by atoms with E-state index in [1.54, 1.807) is 11.3 Å². The molecule has 3 aromatic rings. The molecule has 0 unspecified atom stereocenters. The lowest BCUT2D eigenvalue weighted by molar-refractivity contribution is 0.762. The van der Waals surface area contributed by atoms with Crippen molar-refractivity contribution in [2.75, 3.05) is 18.5 Å². The van der Waals surface area contributed by atoms with Crippen LogP contribution in [0.1, 0.15) is 12.8 Å². The van der Waals surface area contributed by atoms with E-state index in [0.29, 0.717) is 0 Å². The highest BCUT2D eigenvalue weighted by atomic mass is 32.1. The summed E-state index contributed by atoms with van der Waals surface area (Å²) in [4.78, 5) is 2.22. The highest BCUT2D eigenvalue weighted by Crippen LogP contribution is 2.30. The zero-order valence-electron chi connectivity index (χ0n) is 11.2. The monoisotopic (exact) mass is 285 g/mol. The van der Waals surface area contributed by atoms with Gasteiger partial charge in [-0.05, 0) is 42.3 Å². The van der Waals surface area contributed by atoms with Crippen molar-refractivity contribution in [3.05, 3.63) is 29.0 Å². The Morgan fingerprint density at radius 3 is 2.95 bits per heavy atom. The summed E-state index contributed by atoms with van der Waals surface area (Å²) in [7, 11) is 2.10. The fourth-order valence-corrected chi connectivity index (χ4v) is 2.97. The largest absolute Gasteiger partial charge is 0.358 e. The van der Waals surface area contributed by atoms with Crippen molar-refractivity contribution in [1.29, 1.82) is 0 Å². The highest BCUT2D eigenvalue weighted by Gasteiger charge is 2.23. The van der Waals surface area contributed by atoms with Gasteiger partial charge in [-0.25, -0.2) is 0 Å². The maximum Gasteiger partial charge on any atom is 0.186 e. The first-order chi connectivity index (χ1) is 9.81. The van der Waals surface area contributed by atoms with Gasteiger partial charge in [0, 0.05) is 24.5 Å². The van der Waals surface area contributed by atoms with Gasteiger partial charge in [0.25, 0.3) is 0 Å². The molecule has 0 N–H and O–H groups in total. The maximum atomic E-state index is 4.69. The molecule has 0 amide bonds. The van der Waals surface area contributed by atoms with E-state index in [1.165, 1.54) is 12.8 Å². The lowest BCUT2D eigenvalue weighted by Crippen LogP contribution is -2.21. The first kappa shape index (κ1) is 11.8. The van der Waals surface area contributed by atoms with Crippen LogP contribution in [0.2, 0.25) is 0 Å². The Balaban J connectivity index is 1.75. The lowest BCUT2D eigenvalue weighted by Gasteiger charge is -2.17. The molecule has 1 aliphatic rings. The Kier molecular flexibility index (Phi) is 2.70. The van der Waals surface area contributed by atoms with Crippen molar-refractivity contribution in [2.24, 2.45) is 5.92 Å². The number of aromatic nitrogens is 4. The summed E-state index contributed by atoms with van der Waals surface area (Å²) < 4.78 is 1.83. The van der Waals surface area contributed by atoms with Gasteiger partial charge in [-0.1, -0.05) is 0 Å². The first-order valence-electron chi connectivity index (χ1n) is 6.77. The van der Waals surface area contributed by atoms with E-state index >= 15 is 0 Å². The second-order valence-electron chi connectivity index (χ2n) is 5.32. The summed E-state index contributed by atoms with van der Waals surface area (Å²) >= 11 is 1.65. The number of hydrogen-bond acceptors (Lipinski definition) is 5. The molecule has 0 aromatic carbocycles. The van der Waals surface area contributed by atoms with Crippen molar-refractivity contribution in [3.63, 3.8) is 0 Å². The third kappa shape index (κ3) is 2.06. The third-order valence-electron chi connectivity index (χ3n) is 3.65. The molecule has 1 saturated carbocycles. The predicted octanol–water partition coefficient (Wildman–Crippen LogP) is 2.70. The minimum atomic E-state index is 0.787. The topological polar surface area (TPSA) is 46.3 Å². The van der Waals surface area contributed by atoms with Crippen molar-refractivity contribution in [1.82, 2.24) is 19.8 Å². The van der Waals surface area contributed by atoms with E-state index in [-0.39, 0.29) is 0 Å². The van der Waals surface area contributed by atoms with Crippen LogP contribution >= 0.6 is 11.3 Å². The molecular weight excluding hydrogens is 270 g/mol. The Morgan fingerprint density at radius 1 is 1.30 bits per heavy atom. The van der Waals surface area contributed by atoms with Crippen molar-refractivity contribution >= 4 is 22.8 Å². The molecule has 0 spiro atoms. The molecule has 3 heterocycles. The summed E-state index contributed by atoms with van der Waals surface area (Å²) in [5, 5.41) is 17.2. The molecule has 102 valence electrons. The molecule has 3 aromatic heterocycles. The maximum absolute atomic E-state index is 4.69. The van der Waals surface area contributed by atoms with Gasteiger partial charge in [-0.2, -0.15) is 15.9 Å². The molecular formula is C14H15N5S. The summed E-state index contributed by atoms with van der Waals surface area (Å²) in [6.45, 7) is 1.08. The van der Waals surface area contributed by atoms with Crippen LogP contribution in [0, 0.1) is 5.92 Å². The Bertz CT molecular complexity index is 729. The van der Waals surface area contributed by atoms with Gasteiger partial charge in [-0.15, -0.1) is 15.3 Å². The second-order valence-corrected chi connectivity index (χ2v) is 6.10. The van der Waals surface area contributed by atoms with E-state index < -0.39 is 0 Å². The Morgan fingerprint density at radius 2 is 2.20 bits per heavy atom. The highest BCUT2D eigenvalue weighted by molar-refractivity contribution is 7.08. The number of rotatable bonds is 4. The van der Waals surface area contributed by atoms with Crippen LogP contribution in [0.4, 0.5) is 5.82 Å². The van der Waals surface area contributed by atoms with Crippen LogP contribution in [0.25, 0.3) is 17.0 Å². The number of nitrogens with zero attached hydrogens (tertiary/aromatic N) is 5. The number of hydrogen-bond donors (Lipinski definition) is 0. The average Bonchev–Trinajstić information content (AvgIpc) is 2.97. The van der Waals surface area contributed by atoms with Crippen molar-refractivity contribution in [2.45, 2.75) is 12.8 Å². The number of fused-ring (bicyclic) bond motifs is 1. The molecule has 4 rings (SSSR count). The van der Waals surface area contributed by atoms with Gasteiger partial charge >= 0.3 is 0 Å². The minimum Gasteiger partial charge on any atom is -0.358 e. The zero-order chi connectivity index (χ0) is 13.5. The Hall–Kier alpha value is -1.95. The predicted molar refractivity (Wildman–Crippen MR) is 80.1 cm³/mol. The fraction of sp³-hybridized carbons (Fsp3) is 0.357. The third-order valence-corrected chi connectivity index (χ3v) is 4.33. The summed E-state index contributed by atoms with van der Waals surface area (Å²) in [5.41, 5.74) is 1.85. The standard InChI is InChI=1S/C14H15N5S/c1-18(8-10-2-3-10)13-5-4-12-15-16-14(19(12)17-13)11-6-7-20-9-11/h4-7,9-10H,2-3,8H2,1H3. The van der Waals surface area contributed by atoms with Gasteiger partial charge < -0.3 is 4.90 Å². The molecule has 1 aliphatic carbocycles. The molecule has 0 aliphatic heterocycles. The quantitative estimate of drug-likeness (QED) is 0.739. The second kappa shape index (κ2) is 4.56. The van der Waals surface area contributed by atoms with Gasteiger partial charge in [-0.3, -0.25) is 0 Å². The first-order valence-corrected chi connectivity index (χ1v) is 7.72. The van der Waals surface area contributed by atoms with Crippen LogP contribution < -0.4 is 4.90 Å². The van der Waals surface area contributed by atoms with Crippen LogP contribution in [0.3, 0.4) is 0 Å². The van der Waals surface area contributed by atoms with E-state index in [4.69, 9.17) is 5.10 Å². The molecule has 0 radical (unpaired) electrons.